The standard InChI is InChI=1S/C7H11BrN4O.ClH/c8-6-3-11-12(4-6)5-7(13)10-2-1-9;/h3-4H,1-2,5,9H2,(H,10,13);1H. The number of hydrogen-bond acceptors (Lipinski definition) is 3. The van der Waals surface area contributed by atoms with E-state index in [0.29, 0.717) is 13.1 Å². The van der Waals surface area contributed by atoms with E-state index in [9.17, 15) is 4.79 Å². The number of halogens is 2. The molecule has 0 aliphatic rings. The zero-order chi connectivity index (χ0) is 9.68. The average molecular weight is 284 g/mol. The Labute approximate surface area is 96.6 Å². The van der Waals surface area contributed by atoms with Gasteiger partial charge in [-0.3, -0.25) is 9.48 Å². The Morgan fingerprint density at radius 1 is 1.71 bits per heavy atom. The minimum atomic E-state index is -0.0824. The van der Waals surface area contributed by atoms with Gasteiger partial charge in [0, 0.05) is 19.3 Å². The molecule has 0 saturated heterocycles. The van der Waals surface area contributed by atoms with Gasteiger partial charge in [-0.1, -0.05) is 0 Å². The van der Waals surface area contributed by atoms with Gasteiger partial charge in [-0.25, -0.2) is 0 Å². The van der Waals surface area contributed by atoms with Crippen molar-refractivity contribution in [3.63, 3.8) is 0 Å². The van der Waals surface area contributed by atoms with Gasteiger partial charge >= 0.3 is 0 Å². The molecule has 0 fully saturated rings. The number of carbonyl (C=O) groups is 1. The van der Waals surface area contributed by atoms with Crippen molar-refractivity contribution in [2.45, 2.75) is 6.54 Å². The molecule has 0 unspecified atom stereocenters. The van der Waals surface area contributed by atoms with E-state index in [2.05, 4.69) is 26.3 Å². The number of rotatable bonds is 4. The molecule has 0 aliphatic carbocycles. The number of aromatic nitrogens is 2. The zero-order valence-electron chi connectivity index (χ0n) is 7.44. The fourth-order valence-corrected chi connectivity index (χ4v) is 1.17. The van der Waals surface area contributed by atoms with Crippen LogP contribution >= 0.6 is 28.3 Å². The van der Waals surface area contributed by atoms with Crippen LogP contribution < -0.4 is 11.1 Å². The number of amides is 1. The van der Waals surface area contributed by atoms with Crippen LogP contribution in [0.5, 0.6) is 0 Å². The highest BCUT2D eigenvalue weighted by molar-refractivity contribution is 9.10. The van der Waals surface area contributed by atoms with Crippen LogP contribution in [-0.4, -0.2) is 28.8 Å². The largest absolute Gasteiger partial charge is 0.353 e. The van der Waals surface area contributed by atoms with E-state index in [1.165, 1.54) is 0 Å². The number of nitrogens with two attached hydrogens (primary N) is 1. The predicted molar refractivity (Wildman–Crippen MR) is 59.2 cm³/mol. The first-order valence-corrected chi connectivity index (χ1v) is 4.66. The Bertz CT molecular complexity index is 291. The predicted octanol–water partition coefficient (Wildman–Crippen LogP) is 0.142. The van der Waals surface area contributed by atoms with Crippen LogP contribution in [0.3, 0.4) is 0 Å². The van der Waals surface area contributed by atoms with Gasteiger partial charge < -0.3 is 11.1 Å². The van der Waals surface area contributed by atoms with Crippen molar-refractivity contribution in [1.82, 2.24) is 15.1 Å². The fourth-order valence-electron chi connectivity index (χ4n) is 0.839. The fraction of sp³-hybridized carbons (Fsp3) is 0.429. The lowest BCUT2D eigenvalue weighted by molar-refractivity contribution is -0.121. The van der Waals surface area contributed by atoms with Crippen LogP contribution in [-0.2, 0) is 11.3 Å². The number of nitrogens with one attached hydrogen (secondary N) is 1. The average Bonchev–Trinajstić information content (AvgIpc) is 2.48. The third kappa shape index (κ3) is 4.59. The summed E-state index contributed by atoms with van der Waals surface area (Å²) in [5.74, 6) is -0.0824. The van der Waals surface area contributed by atoms with Crippen LogP contribution in [0.2, 0.25) is 0 Å². The molecule has 1 aromatic rings. The number of carbonyl (C=O) groups excluding carboxylic acids is 1. The van der Waals surface area contributed by atoms with Gasteiger partial charge in [0.2, 0.25) is 5.91 Å². The molecular weight excluding hydrogens is 271 g/mol. The molecule has 0 spiro atoms. The molecule has 80 valence electrons. The normalized spacial score (nSPS) is 9.29. The Balaban J connectivity index is 0.00000169. The van der Waals surface area contributed by atoms with Crippen molar-refractivity contribution in [1.29, 1.82) is 0 Å². The molecule has 0 bridgehead atoms. The maximum atomic E-state index is 11.1. The first-order chi connectivity index (χ1) is 6.22. The topological polar surface area (TPSA) is 72.9 Å². The molecule has 5 nitrogen and oxygen atoms in total. The monoisotopic (exact) mass is 282 g/mol. The summed E-state index contributed by atoms with van der Waals surface area (Å²) in [6, 6.07) is 0. The zero-order valence-corrected chi connectivity index (χ0v) is 9.84. The Morgan fingerprint density at radius 3 is 2.93 bits per heavy atom. The summed E-state index contributed by atoms with van der Waals surface area (Å²) in [6.07, 6.45) is 3.37. The van der Waals surface area contributed by atoms with Gasteiger partial charge in [0.25, 0.3) is 0 Å². The third-order valence-electron chi connectivity index (χ3n) is 1.37. The third-order valence-corrected chi connectivity index (χ3v) is 1.78. The lowest BCUT2D eigenvalue weighted by Crippen LogP contribution is -2.31. The molecule has 0 aromatic carbocycles. The van der Waals surface area contributed by atoms with Gasteiger partial charge in [-0.05, 0) is 15.9 Å². The van der Waals surface area contributed by atoms with Gasteiger partial charge in [0.05, 0.1) is 10.7 Å². The quantitative estimate of drug-likeness (QED) is 0.826. The molecular formula is C7H12BrClN4O. The highest BCUT2D eigenvalue weighted by atomic mass is 79.9. The van der Waals surface area contributed by atoms with E-state index in [4.69, 9.17) is 5.73 Å². The molecule has 1 aromatic heterocycles. The molecule has 1 heterocycles. The Hall–Kier alpha value is -0.590. The SMILES string of the molecule is Cl.NCCNC(=O)Cn1cc(Br)cn1. The maximum absolute atomic E-state index is 11.1. The second-order valence-electron chi connectivity index (χ2n) is 2.49. The minimum absolute atomic E-state index is 0. The lowest BCUT2D eigenvalue weighted by atomic mass is 10.5. The van der Waals surface area contributed by atoms with E-state index in [1.54, 1.807) is 17.1 Å². The van der Waals surface area contributed by atoms with Crippen LogP contribution in [0, 0.1) is 0 Å². The van der Waals surface area contributed by atoms with Crippen molar-refractivity contribution in [2.24, 2.45) is 5.73 Å². The molecule has 0 aliphatic heterocycles. The van der Waals surface area contributed by atoms with Gasteiger partial charge in [0.1, 0.15) is 6.54 Å². The first-order valence-electron chi connectivity index (χ1n) is 3.87. The molecule has 1 amide bonds. The second-order valence-corrected chi connectivity index (χ2v) is 3.41. The summed E-state index contributed by atoms with van der Waals surface area (Å²) in [5.41, 5.74) is 5.23. The van der Waals surface area contributed by atoms with E-state index in [1.807, 2.05) is 0 Å². The lowest BCUT2D eigenvalue weighted by Gasteiger charge is -2.02. The van der Waals surface area contributed by atoms with Gasteiger partial charge in [-0.15, -0.1) is 12.4 Å². The summed E-state index contributed by atoms with van der Waals surface area (Å²) in [5, 5.41) is 6.59. The summed E-state index contributed by atoms with van der Waals surface area (Å²) in [6.45, 7) is 1.18. The Kier molecular flexibility index (Phi) is 6.52. The van der Waals surface area contributed by atoms with E-state index in [-0.39, 0.29) is 24.9 Å². The molecule has 0 radical (unpaired) electrons. The minimum Gasteiger partial charge on any atom is -0.353 e. The summed E-state index contributed by atoms with van der Waals surface area (Å²) >= 11 is 3.24. The first kappa shape index (κ1) is 13.4. The summed E-state index contributed by atoms with van der Waals surface area (Å²) in [4.78, 5) is 11.1. The van der Waals surface area contributed by atoms with Crippen molar-refractivity contribution >= 4 is 34.2 Å². The van der Waals surface area contributed by atoms with Crippen molar-refractivity contribution in [3.05, 3.63) is 16.9 Å². The highest BCUT2D eigenvalue weighted by Crippen LogP contribution is 2.05. The van der Waals surface area contributed by atoms with Crippen LogP contribution in [0.15, 0.2) is 16.9 Å². The van der Waals surface area contributed by atoms with E-state index >= 15 is 0 Å². The van der Waals surface area contributed by atoms with Crippen molar-refractivity contribution in [3.8, 4) is 0 Å². The van der Waals surface area contributed by atoms with Crippen LogP contribution in [0.25, 0.3) is 0 Å². The Morgan fingerprint density at radius 2 is 2.43 bits per heavy atom. The van der Waals surface area contributed by atoms with Gasteiger partial charge in [-0.2, -0.15) is 5.10 Å². The summed E-state index contributed by atoms with van der Waals surface area (Å²) < 4.78 is 2.41. The van der Waals surface area contributed by atoms with Crippen molar-refractivity contribution < 1.29 is 4.79 Å². The van der Waals surface area contributed by atoms with Crippen molar-refractivity contribution in [2.75, 3.05) is 13.1 Å². The molecule has 14 heavy (non-hydrogen) atoms. The molecule has 7 heteroatoms. The van der Waals surface area contributed by atoms with Gasteiger partial charge in [0.15, 0.2) is 0 Å². The van der Waals surface area contributed by atoms with E-state index in [0.717, 1.165) is 4.47 Å². The summed E-state index contributed by atoms with van der Waals surface area (Å²) in [7, 11) is 0. The highest BCUT2D eigenvalue weighted by Gasteiger charge is 2.01. The second kappa shape index (κ2) is 6.80. The van der Waals surface area contributed by atoms with Crippen LogP contribution in [0.4, 0.5) is 0 Å². The molecule has 0 atom stereocenters. The molecule has 1 rings (SSSR count). The number of hydrogen-bond donors (Lipinski definition) is 2. The smallest absolute Gasteiger partial charge is 0.241 e. The molecule has 0 saturated carbocycles. The number of nitrogens with zero attached hydrogens (tertiary/aromatic N) is 2. The van der Waals surface area contributed by atoms with Crippen LogP contribution in [0.1, 0.15) is 0 Å². The van der Waals surface area contributed by atoms with E-state index < -0.39 is 0 Å². The maximum Gasteiger partial charge on any atom is 0.241 e. The molecule has 3 N–H and O–H groups in total.